The standard InChI is InChI=1S/C17H25N3O3/c21-15-11-19(13-6-7-13)17(23)20(15)14-8-9-18(10-14)16(22)12-4-2-1-3-5-12/h12-14H,1-11H2. The van der Waals surface area contributed by atoms with Crippen LogP contribution in [0.5, 0.6) is 0 Å². The van der Waals surface area contributed by atoms with Crippen molar-refractivity contribution in [1.29, 1.82) is 0 Å². The zero-order valence-corrected chi connectivity index (χ0v) is 13.6. The molecule has 6 nitrogen and oxygen atoms in total. The van der Waals surface area contributed by atoms with Crippen molar-refractivity contribution in [3.63, 3.8) is 0 Å². The zero-order valence-electron chi connectivity index (χ0n) is 13.6. The van der Waals surface area contributed by atoms with E-state index in [0.717, 1.165) is 44.9 Å². The summed E-state index contributed by atoms with van der Waals surface area (Å²) in [4.78, 5) is 42.4. The Bertz CT molecular complexity index is 525. The van der Waals surface area contributed by atoms with Gasteiger partial charge in [-0.25, -0.2) is 4.79 Å². The predicted molar refractivity (Wildman–Crippen MR) is 83.5 cm³/mol. The fourth-order valence-corrected chi connectivity index (χ4v) is 4.33. The summed E-state index contributed by atoms with van der Waals surface area (Å²) in [5.74, 6) is 0.319. The molecule has 0 aromatic rings. The van der Waals surface area contributed by atoms with E-state index >= 15 is 0 Å². The highest BCUT2D eigenvalue weighted by Gasteiger charge is 2.48. The molecule has 4 aliphatic rings. The first-order chi connectivity index (χ1) is 11.1. The van der Waals surface area contributed by atoms with Crippen molar-refractivity contribution in [2.45, 2.75) is 63.5 Å². The Labute approximate surface area is 136 Å². The Morgan fingerprint density at radius 3 is 2.35 bits per heavy atom. The highest BCUT2D eigenvalue weighted by Crippen LogP contribution is 2.33. The van der Waals surface area contributed by atoms with E-state index in [1.54, 1.807) is 4.90 Å². The molecule has 0 N–H and O–H groups in total. The number of amides is 4. The van der Waals surface area contributed by atoms with E-state index in [4.69, 9.17) is 0 Å². The van der Waals surface area contributed by atoms with Crippen LogP contribution < -0.4 is 0 Å². The van der Waals surface area contributed by atoms with Gasteiger partial charge in [-0.15, -0.1) is 0 Å². The molecule has 126 valence electrons. The van der Waals surface area contributed by atoms with Crippen LogP contribution in [0.25, 0.3) is 0 Å². The molecule has 1 atom stereocenters. The van der Waals surface area contributed by atoms with Gasteiger partial charge in [0.1, 0.15) is 6.54 Å². The predicted octanol–water partition coefficient (Wildman–Crippen LogP) is 1.59. The number of hydrogen-bond donors (Lipinski definition) is 0. The van der Waals surface area contributed by atoms with Gasteiger partial charge in [0.15, 0.2) is 0 Å². The molecular formula is C17H25N3O3. The maximum atomic E-state index is 12.6. The summed E-state index contributed by atoms with van der Waals surface area (Å²) in [6, 6.07) is 0.0265. The summed E-state index contributed by atoms with van der Waals surface area (Å²) in [5.41, 5.74) is 0. The third kappa shape index (κ3) is 2.72. The Balaban J connectivity index is 1.39. The Morgan fingerprint density at radius 2 is 1.65 bits per heavy atom. The van der Waals surface area contributed by atoms with Gasteiger partial charge in [-0.3, -0.25) is 14.5 Å². The van der Waals surface area contributed by atoms with Crippen molar-refractivity contribution < 1.29 is 14.4 Å². The molecule has 0 aromatic heterocycles. The summed E-state index contributed by atoms with van der Waals surface area (Å²) in [6.07, 6.45) is 8.29. The van der Waals surface area contributed by atoms with E-state index < -0.39 is 0 Å². The second-order valence-electron chi connectivity index (χ2n) is 7.47. The Kier molecular flexibility index (Phi) is 3.77. The first-order valence-corrected chi connectivity index (χ1v) is 9.06. The lowest BCUT2D eigenvalue weighted by atomic mass is 9.88. The fraction of sp³-hybridized carbons (Fsp3) is 0.824. The quantitative estimate of drug-likeness (QED) is 0.742. The summed E-state index contributed by atoms with van der Waals surface area (Å²) in [6.45, 7) is 1.45. The average Bonchev–Trinajstić information content (AvgIpc) is 3.22. The minimum atomic E-state index is -0.130. The minimum Gasteiger partial charge on any atom is -0.340 e. The summed E-state index contributed by atoms with van der Waals surface area (Å²) in [5, 5.41) is 0. The number of carbonyl (C=O) groups excluding carboxylic acids is 3. The number of urea groups is 1. The molecule has 4 fully saturated rings. The van der Waals surface area contributed by atoms with Gasteiger partial charge in [0.05, 0.1) is 6.04 Å². The van der Waals surface area contributed by atoms with Crippen LogP contribution >= 0.6 is 0 Å². The number of imide groups is 1. The topological polar surface area (TPSA) is 60.9 Å². The van der Waals surface area contributed by atoms with E-state index in [-0.39, 0.29) is 42.4 Å². The van der Waals surface area contributed by atoms with Crippen LogP contribution in [0.2, 0.25) is 0 Å². The maximum Gasteiger partial charge on any atom is 0.327 e. The smallest absolute Gasteiger partial charge is 0.327 e. The molecule has 1 unspecified atom stereocenters. The molecule has 2 saturated heterocycles. The van der Waals surface area contributed by atoms with E-state index in [1.807, 2.05) is 4.90 Å². The van der Waals surface area contributed by atoms with Gasteiger partial charge in [0.2, 0.25) is 5.91 Å². The molecule has 2 saturated carbocycles. The Hall–Kier alpha value is -1.59. The zero-order chi connectivity index (χ0) is 16.0. The van der Waals surface area contributed by atoms with Gasteiger partial charge in [0.25, 0.3) is 5.91 Å². The maximum absolute atomic E-state index is 12.6. The first-order valence-electron chi connectivity index (χ1n) is 9.06. The number of carbonyl (C=O) groups is 3. The second-order valence-corrected chi connectivity index (χ2v) is 7.47. The molecule has 0 spiro atoms. The second kappa shape index (κ2) is 5.80. The third-order valence-electron chi connectivity index (χ3n) is 5.81. The highest BCUT2D eigenvalue weighted by molar-refractivity contribution is 6.02. The number of hydrogen-bond acceptors (Lipinski definition) is 3. The lowest BCUT2D eigenvalue weighted by molar-refractivity contribution is -0.136. The molecule has 0 aromatic carbocycles. The van der Waals surface area contributed by atoms with Crippen molar-refractivity contribution >= 4 is 17.8 Å². The first kappa shape index (κ1) is 15.0. The van der Waals surface area contributed by atoms with Crippen LogP contribution in [0.1, 0.15) is 51.4 Å². The largest absolute Gasteiger partial charge is 0.340 e. The molecule has 0 bridgehead atoms. The van der Waals surface area contributed by atoms with Crippen LogP contribution in [0, 0.1) is 5.92 Å². The van der Waals surface area contributed by atoms with Gasteiger partial charge in [-0.2, -0.15) is 0 Å². The SMILES string of the molecule is O=C(C1CCCCC1)N1CCC(N2C(=O)CN(C3CC3)C2=O)C1. The van der Waals surface area contributed by atoms with Crippen LogP contribution in [0.3, 0.4) is 0 Å². The molecule has 23 heavy (non-hydrogen) atoms. The fourth-order valence-electron chi connectivity index (χ4n) is 4.33. The van der Waals surface area contributed by atoms with E-state index in [0.29, 0.717) is 13.1 Å². The molecule has 4 rings (SSSR count). The van der Waals surface area contributed by atoms with Gasteiger partial charge in [-0.05, 0) is 32.1 Å². The molecule has 0 radical (unpaired) electrons. The monoisotopic (exact) mass is 319 g/mol. The summed E-state index contributed by atoms with van der Waals surface area (Å²) < 4.78 is 0. The lowest BCUT2D eigenvalue weighted by Gasteiger charge is -2.27. The van der Waals surface area contributed by atoms with Gasteiger partial charge in [0, 0.05) is 25.0 Å². The molecule has 2 aliphatic heterocycles. The summed E-state index contributed by atoms with van der Waals surface area (Å²) in [7, 11) is 0. The van der Waals surface area contributed by atoms with Crippen LogP contribution in [0.4, 0.5) is 4.79 Å². The van der Waals surface area contributed by atoms with E-state index in [1.165, 1.54) is 11.3 Å². The van der Waals surface area contributed by atoms with Crippen molar-refractivity contribution in [2.24, 2.45) is 5.92 Å². The molecule has 4 amide bonds. The van der Waals surface area contributed by atoms with Crippen molar-refractivity contribution in [3.8, 4) is 0 Å². The average molecular weight is 319 g/mol. The minimum absolute atomic E-state index is 0.0844. The number of likely N-dealkylation sites (tertiary alicyclic amines) is 1. The third-order valence-corrected chi connectivity index (χ3v) is 5.81. The van der Waals surface area contributed by atoms with Crippen LogP contribution in [0.15, 0.2) is 0 Å². The van der Waals surface area contributed by atoms with Crippen molar-refractivity contribution in [2.75, 3.05) is 19.6 Å². The van der Waals surface area contributed by atoms with Crippen molar-refractivity contribution in [1.82, 2.24) is 14.7 Å². The lowest BCUT2D eigenvalue weighted by Crippen LogP contribution is -2.44. The number of nitrogens with zero attached hydrogens (tertiary/aromatic N) is 3. The van der Waals surface area contributed by atoms with E-state index in [9.17, 15) is 14.4 Å². The normalized spacial score (nSPS) is 29.7. The molecular weight excluding hydrogens is 294 g/mol. The van der Waals surface area contributed by atoms with Gasteiger partial charge < -0.3 is 9.80 Å². The van der Waals surface area contributed by atoms with Gasteiger partial charge in [-0.1, -0.05) is 19.3 Å². The molecule has 2 heterocycles. The molecule has 6 heteroatoms. The van der Waals surface area contributed by atoms with Crippen LogP contribution in [-0.2, 0) is 9.59 Å². The van der Waals surface area contributed by atoms with Crippen molar-refractivity contribution in [3.05, 3.63) is 0 Å². The van der Waals surface area contributed by atoms with E-state index in [2.05, 4.69) is 0 Å². The number of rotatable bonds is 3. The highest BCUT2D eigenvalue weighted by atomic mass is 16.2. The van der Waals surface area contributed by atoms with Gasteiger partial charge >= 0.3 is 6.03 Å². The van der Waals surface area contributed by atoms with Crippen LogP contribution in [-0.4, -0.2) is 64.3 Å². The Morgan fingerprint density at radius 1 is 0.913 bits per heavy atom. The molecule has 2 aliphatic carbocycles. The summed E-state index contributed by atoms with van der Waals surface area (Å²) >= 11 is 0.